The highest BCUT2D eigenvalue weighted by Crippen LogP contribution is 2.23. The summed E-state index contributed by atoms with van der Waals surface area (Å²) in [5.41, 5.74) is 5.57. The second-order valence-corrected chi connectivity index (χ2v) is 6.95. The lowest BCUT2D eigenvalue weighted by molar-refractivity contribution is 0.0945. The molecule has 0 aliphatic rings. The largest absolute Gasteiger partial charge is 0.347 e. The van der Waals surface area contributed by atoms with Crippen LogP contribution in [0.4, 0.5) is 11.6 Å². The third-order valence-corrected chi connectivity index (χ3v) is 4.52. The number of hydrogen-bond donors (Lipinski definition) is 1. The second kappa shape index (κ2) is 8.65. The summed E-state index contributed by atoms with van der Waals surface area (Å²) in [6, 6.07) is 18.0. The first-order valence-corrected chi connectivity index (χ1v) is 9.50. The van der Waals surface area contributed by atoms with Gasteiger partial charge >= 0.3 is 0 Å². The minimum absolute atomic E-state index is 0.201. The Balaban J connectivity index is 1.81. The molecule has 0 aliphatic carbocycles. The van der Waals surface area contributed by atoms with E-state index in [1.165, 1.54) is 11.1 Å². The van der Waals surface area contributed by atoms with E-state index in [-0.39, 0.29) is 5.91 Å². The molecule has 1 heterocycles. The van der Waals surface area contributed by atoms with Gasteiger partial charge in [-0.25, -0.2) is 9.97 Å². The zero-order valence-electron chi connectivity index (χ0n) is 16.9. The van der Waals surface area contributed by atoms with Crippen molar-refractivity contribution in [3.63, 3.8) is 0 Å². The summed E-state index contributed by atoms with van der Waals surface area (Å²) in [5, 5.41) is 2.95. The van der Waals surface area contributed by atoms with Gasteiger partial charge in [0.25, 0.3) is 5.91 Å². The van der Waals surface area contributed by atoms with Crippen LogP contribution in [-0.4, -0.2) is 22.4 Å². The van der Waals surface area contributed by atoms with Crippen LogP contribution in [0.2, 0.25) is 0 Å². The number of nitrogens with one attached hydrogen (secondary N) is 1. The van der Waals surface area contributed by atoms with E-state index in [1.54, 1.807) is 6.07 Å². The Morgan fingerprint density at radius 2 is 1.71 bits per heavy atom. The van der Waals surface area contributed by atoms with Gasteiger partial charge in [-0.05, 0) is 57.0 Å². The average molecular weight is 374 g/mol. The number of amides is 1. The molecule has 144 valence electrons. The van der Waals surface area contributed by atoms with Crippen molar-refractivity contribution in [2.24, 2.45) is 0 Å². The van der Waals surface area contributed by atoms with Crippen molar-refractivity contribution >= 4 is 17.5 Å². The second-order valence-electron chi connectivity index (χ2n) is 6.95. The van der Waals surface area contributed by atoms with Crippen molar-refractivity contribution in [3.05, 3.63) is 82.7 Å². The molecule has 0 aliphatic heterocycles. The van der Waals surface area contributed by atoms with Crippen molar-refractivity contribution in [3.8, 4) is 0 Å². The van der Waals surface area contributed by atoms with Gasteiger partial charge in [0.2, 0.25) is 5.95 Å². The Hall–Kier alpha value is -3.21. The van der Waals surface area contributed by atoms with Crippen molar-refractivity contribution in [2.45, 2.75) is 34.2 Å². The maximum Gasteiger partial charge on any atom is 0.270 e. The van der Waals surface area contributed by atoms with Crippen molar-refractivity contribution in [2.75, 3.05) is 11.4 Å². The number of nitrogens with zero attached hydrogens (tertiary/aromatic N) is 3. The number of benzene rings is 2. The summed E-state index contributed by atoms with van der Waals surface area (Å²) in [4.78, 5) is 23.8. The van der Waals surface area contributed by atoms with Crippen LogP contribution in [0.15, 0.2) is 54.6 Å². The van der Waals surface area contributed by atoms with Crippen LogP contribution in [0.25, 0.3) is 0 Å². The molecule has 3 rings (SSSR count). The molecule has 0 unspecified atom stereocenters. The predicted molar refractivity (Wildman–Crippen MR) is 113 cm³/mol. The van der Waals surface area contributed by atoms with Crippen LogP contribution in [0.3, 0.4) is 0 Å². The van der Waals surface area contributed by atoms with E-state index in [2.05, 4.69) is 34.3 Å². The highest BCUT2D eigenvalue weighted by Gasteiger charge is 2.15. The average Bonchev–Trinajstić information content (AvgIpc) is 2.67. The third kappa shape index (κ3) is 4.74. The van der Waals surface area contributed by atoms with Crippen LogP contribution < -0.4 is 10.2 Å². The van der Waals surface area contributed by atoms with Crippen LogP contribution in [0, 0.1) is 20.8 Å². The smallest absolute Gasteiger partial charge is 0.270 e. The summed E-state index contributed by atoms with van der Waals surface area (Å²) >= 11 is 0. The monoisotopic (exact) mass is 374 g/mol. The summed E-state index contributed by atoms with van der Waals surface area (Å²) in [7, 11) is 0. The Bertz CT molecular complexity index is 967. The molecule has 0 fully saturated rings. The number of hydrogen-bond acceptors (Lipinski definition) is 4. The van der Waals surface area contributed by atoms with E-state index in [9.17, 15) is 4.79 Å². The zero-order valence-corrected chi connectivity index (χ0v) is 16.9. The molecule has 0 radical (unpaired) electrons. The van der Waals surface area contributed by atoms with Crippen molar-refractivity contribution < 1.29 is 4.79 Å². The molecule has 0 saturated carbocycles. The Kier molecular flexibility index (Phi) is 6.04. The molecule has 1 N–H and O–H groups in total. The molecule has 0 saturated heterocycles. The van der Waals surface area contributed by atoms with Gasteiger partial charge in [-0.3, -0.25) is 4.79 Å². The summed E-state index contributed by atoms with van der Waals surface area (Å²) in [6.07, 6.45) is 0. The molecular weight excluding hydrogens is 348 g/mol. The van der Waals surface area contributed by atoms with E-state index < -0.39 is 0 Å². The maximum atomic E-state index is 12.7. The third-order valence-electron chi connectivity index (χ3n) is 4.52. The van der Waals surface area contributed by atoms with Gasteiger partial charge in [-0.1, -0.05) is 42.0 Å². The standard InChI is InChI=1S/C23H26N4O/c1-5-27(20-8-6-7-17(3)13-20)23-25-18(4)14-21(26-23)22(28)24-15-19-11-9-16(2)10-12-19/h6-14H,5,15H2,1-4H3,(H,24,28). The molecule has 5 nitrogen and oxygen atoms in total. The fourth-order valence-corrected chi connectivity index (χ4v) is 3.00. The van der Waals surface area contributed by atoms with E-state index in [0.717, 1.165) is 16.9 Å². The molecule has 1 aromatic heterocycles. The fraction of sp³-hybridized carbons (Fsp3) is 0.261. The Labute approximate surface area is 166 Å². The topological polar surface area (TPSA) is 58.1 Å². The minimum Gasteiger partial charge on any atom is -0.347 e. The quantitative estimate of drug-likeness (QED) is 0.691. The SMILES string of the molecule is CCN(c1cccc(C)c1)c1nc(C)cc(C(=O)NCc2ccc(C)cc2)n1. The Morgan fingerprint density at radius 3 is 2.39 bits per heavy atom. The van der Waals surface area contributed by atoms with Gasteiger partial charge in [0.1, 0.15) is 5.69 Å². The first-order chi connectivity index (χ1) is 13.5. The minimum atomic E-state index is -0.201. The normalized spacial score (nSPS) is 10.6. The lowest BCUT2D eigenvalue weighted by atomic mass is 10.1. The summed E-state index contributed by atoms with van der Waals surface area (Å²) < 4.78 is 0. The molecule has 5 heteroatoms. The Morgan fingerprint density at radius 1 is 0.964 bits per heavy atom. The highest BCUT2D eigenvalue weighted by molar-refractivity contribution is 5.92. The fourth-order valence-electron chi connectivity index (χ4n) is 3.00. The van der Waals surface area contributed by atoms with Crippen LogP contribution >= 0.6 is 0 Å². The van der Waals surface area contributed by atoms with E-state index in [1.807, 2.05) is 62.1 Å². The summed E-state index contributed by atoms with van der Waals surface area (Å²) in [5.74, 6) is 0.334. The number of anilines is 2. The number of aromatic nitrogens is 2. The van der Waals surface area contributed by atoms with Crippen LogP contribution in [0.5, 0.6) is 0 Å². The first kappa shape index (κ1) is 19.5. The van der Waals surface area contributed by atoms with Crippen LogP contribution in [-0.2, 0) is 6.54 Å². The highest BCUT2D eigenvalue weighted by atomic mass is 16.1. The predicted octanol–water partition coefficient (Wildman–Crippen LogP) is 4.49. The number of carbonyl (C=O) groups excluding carboxylic acids is 1. The van der Waals surface area contributed by atoms with Gasteiger partial charge < -0.3 is 10.2 Å². The molecule has 2 aromatic carbocycles. The van der Waals surface area contributed by atoms with Crippen molar-refractivity contribution in [1.29, 1.82) is 0 Å². The van der Waals surface area contributed by atoms with Crippen molar-refractivity contribution in [1.82, 2.24) is 15.3 Å². The number of rotatable bonds is 6. The molecule has 0 atom stereocenters. The molecule has 28 heavy (non-hydrogen) atoms. The molecule has 0 bridgehead atoms. The number of aryl methyl sites for hydroxylation is 3. The molecule has 3 aromatic rings. The molecule has 0 spiro atoms. The van der Waals surface area contributed by atoms with Gasteiger partial charge in [0.05, 0.1) is 0 Å². The maximum absolute atomic E-state index is 12.7. The van der Waals surface area contributed by atoms with Gasteiger partial charge in [-0.2, -0.15) is 0 Å². The summed E-state index contributed by atoms with van der Waals surface area (Å²) in [6.45, 7) is 9.20. The van der Waals surface area contributed by atoms with Gasteiger partial charge in [0.15, 0.2) is 0 Å². The van der Waals surface area contributed by atoms with E-state index >= 15 is 0 Å². The lowest BCUT2D eigenvalue weighted by Gasteiger charge is -2.22. The van der Waals surface area contributed by atoms with Crippen LogP contribution in [0.1, 0.15) is 39.8 Å². The van der Waals surface area contributed by atoms with Gasteiger partial charge in [0, 0.05) is 24.5 Å². The zero-order chi connectivity index (χ0) is 20.1. The molecular formula is C23H26N4O. The number of carbonyl (C=O) groups is 1. The lowest BCUT2D eigenvalue weighted by Crippen LogP contribution is -2.26. The van der Waals surface area contributed by atoms with E-state index in [0.29, 0.717) is 24.7 Å². The molecule has 1 amide bonds. The van der Waals surface area contributed by atoms with E-state index in [4.69, 9.17) is 0 Å². The first-order valence-electron chi connectivity index (χ1n) is 9.50. The van der Waals surface area contributed by atoms with Gasteiger partial charge in [-0.15, -0.1) is 0 Å².